The van der Waals surface area contributed by atoms with Crippen LogP contribution in [0.5, 0.6) is 0 Å². The highest BCUT2D eigenvalue weighted by Crippen LogP contribution is 2.33. The first-order chi connectivity index (χ1) is 10.1. The summed E-state index contributed by atoms with van der Waals surface area (Å²) in [5.74, 6) is 0.872. The molecule has 1 aromatic heterocycles. The molecule has 0 spiro atoms. The second kappa shape index (κ2) is 5.29. The van der Waals surface area contributed by atoms with Gasteiger partial charge in [-0.25, -0.2) is 0 Å². The molecule has 6 nitrogen and oxygen atoms in total. The predicted molar refractivity (Wildman–Crippen MR) is 78.5 cm³/mol. The molecule has 2 aromatic rings. The fourth-order valence-corrected chi connectivity index (χ4v) is 2.51. The molecule has 1 heterocycles. The maximum absolute atomic E-state index is 12.2. The standard InChI is InChI=1S/C15H18N4O2/c1-10-17-14(21-19-10)11-5-2-3-6-12(11)18-13(20)9-15(16)7-4-8-15/h2-3,5-6H,4,7-9,16H2,1H3,(H,18,20). The Balaban J connectivity index is 1.77. The van der Waals surface area contributed by atoms with E-state index in [1.165, 1.54) is 0 Å². The average Bonchev–Trinajstić information content (AvgIpc) is 2.84. The summed E-state index contributed by atoms with van der Waals surface area (Å²) >= 11 is 0. The first kappa shape index (κ1) is 13.8. The number of nitrogens with two attached hydrogens (primary N) is 1. The molecule has 0 saturated heterocycles. The monoisotopic (exact) mass is 286 g/mol. The Hall–Kier alpha value is -2.21. The number of carbonyl (C=O) groups excluding carboxylic acids is 1. The van der Waals surface area contributed by atoms with E-state index in [0.717, 1.165) is 19.3 Å². The number of para-hydroxylation sites is 1. The van der Waals surface area contributed by atoms with E-state index in [9.17, 15) is 4.79 Å². The van der Waals surface area contributed by atoms with Crippen LogP contribution < -0.4 is 11.1 Å². The number of anilines is 1. The van der Waals surface area contributed by atoms with E-state index in [-0.39, 0.29) is 11.4 Å². The van der Waals surface area contributed by atoms with Crippen molar-refractivity contribution in [2.45, 2.75) is 38.1 Å². The van der Waals surface area contributed by atoms with Crippen molar-refractivity contribution in [1.82, 2.24) is 10.1 Å². The quantitative estimate of drug-likeness (QED) is 0.899. The third-order valence-electron chi connectivity index (χ3n) is 3.82. The molecule has 0 atom stereocenters. The zero-order valence-corrected chi connectivity index (χ0v) is 11.9. The normalized spacial score (nSPS) is 16.3. The summed E-state index contributed by atoms with van der Waals surface area (Å²) < 4.78 is 5.17. The summed E-state index contributed by atoms with van der Waals surface area (Å²) in [6.45, 7) is 1.75. The van der Waals surface area contributed by atoms with E-state index in [2.05, 4.69) is 15.5 Å². The van der Waals surface area contributed by atoms with Crippen molar-refractivity contribution in [3.63, 3.8) is 0 Å². The van der Waals surface area contributed by atoms with E-state index in [1.807, 2.05) is 24.3 Å². The third-order valence-corrected chi connectivity index (χ3v) is 3.82. The number of hydrogen-bond acceptors (Lipinski definition) is 5. The molecular weight excluding hydrogens is 268 g/mol. The van der Waals surface area contributed by atoms with Crippen molar-refractivity contribution in [3.05, 3.63) is 30.1 Å². The molecular formula is C15H18N4O2. The highest BCUT2D eigenvalue weighted by atomic mass is 16.5. The molecule has 3 N–H and O–H groups in total. The molecule has 3 rings (SSSR count). The van der Waals surface area contributed by atoms with Crippen LogP contribution in [-0.2, 0) is 4.79 Å². The lowest BCUT2D eigenvalue weighted by Crippen LogP contribution is -2.48. The summed E-state index contributed by atoms with van der Waals surface area (Å²) in [5.41, 5.74) is 7.15. The number of hydrogen-bond donors (Lipinski definition) is 2. The highest BCUT2D eigenvalue weighted by Gasteiger charge is 2.34. The van der Waals surface area contributed by atoms with Crippen LogP contribution in [0.15, 0.2) is 28.8 Å². The minimum absolute atomic E-state index is 0.0825. The van der Waals surface area contributed by atoms with Gasteiger partial charge in [-0.15, -0.1) is 0 Å². The first-order valence-corrected chi connectivity index (χ1v) is 7.04. The van der Waals surface area contributed by atoms with Gasteiger partial charge in [0.2, 0.25) is 5.91 Å². The highest BCUT2D eigenvalue weighted by molar-refractivity contribution is 5.95. The Labute approximate surface area is 122 Å². The summed E-state index contributed by atoms with van der Waals surface area (Å²) in [6.07, 6.45) is 3.25. The van der Waals surface area contributed by atoms with Gasteiger partial charge in [-0.1, -0.05) is 17.3 Å². The molecule has 1 aliphatic carbocycles. The Bertz CT molecular complexity index is 661. The van der Waals surface area contributed by atoms with Gasteiger partial charge in [0.05, 0.1) is 11.3 Å². The van der Waals surface area contributed by atoms with Crippen molar-refractivity contribution >= 4 is 11.6 Å². The minimum Gasteiger partial charge on any atom is -0.334 e. The maximum Gasteiger partial charge on any atom is 0.260 e. The lowest BCUT2D eigenvalue weighted by molar-refractivity contribution is -0.118. The lowest BCUT2D eigenvalue weighted by Gasteiger charge is -2.37. The molecule has 0 aliphatic heterocycles. The summed E-state index contributed by atoms with van der Waals surface area (Å²) in [4.78, 5) is 16.3. The van der Waals surface area contributed by atoms with Gasteiger partial charge in [0.15, 0.2) is 5.82 Å². The molecule has 1 fully saturated rings. The van der Waals surface area contributed by atoms with Crippen LogP contribution in [0.2, 0.25) is 0 Å². The molecule has 110 valence electrons. The van der Waals surface area contributed by atoms with Crippen molar-refractivity contribution < 1.29 is 9.32 Å². The lowest BCUT2D eigenvalue weighted by atomic mass is 9.75. The Kier molecular flexibility index (Phi) is 3.47. The number of amides is 1. The van der Waals surface area contributed by atoms with Gasteiger partial charge < -0.3 is 15.6 Å². The summed E-state index contributed by atoms with van der Waals surface area (Å²) in [5, 5.41) is 6.67. The number of aromatic nitrogens is 2. The van der Waals surface area contributed by atoms with E-state index in [4.69, 9.17) is 10.3 Å². The van der Waals surface area contributed by atoms with Gasteiger partial charge >= 0.3 is 0 Å². The zero-order valence-electron chi connectivity index (χ0n) is 11.9. The van der Waals surface area contributed by atoms with Gasteiger partial charge in [-0.2, -0.15) is 4.98 Å². The second-order valence-corrected chi connectivity index (χ2v) is 5.63. The van der Waals surface area contributed by atoms with Gasteiger partial charge in [-0.05, 0) is 38.3 Å². The van der Waals surface area contributed by atoms with Crippen molar-refractivity contribution in [2.24, 2.45) is 5.73 Å². The topological polar surface area (TPSA) is 94.0 Å². The number of rotatable bonds is 4. The van der Waals surface area contributed by atoms with Crippen LogP contribution in [-0.4, -0.2) is 21.6 Å². The van der Waals surface area contributed by atoms with Crippen LogP contribution in [0, 0.1) is 6.92 Å². The molecule has 1 aromatic carbocycles. The number of nitrogens with one attached hydrogen (secondary N) is 1. The van der Waals surface area contributed by atoms with Crippen molar-refractivity contribution in [3.8, 4) is 11.5 Å². The summed E-state index contributed by atoms with van der Waals surface area (Å²) in [7, 11) is 0. The van der Waals surface area contributed by atoms with Crippen LogP contribution in [0.3, 0.4) is 0 Å². The molecule has 1 aliphatic rings. The van der Waals surface area contributed by atoms with Gasteiger partial charge in [0.25, 0.3) is 5.89 Å². The number of carbonyl (C=O) groups is 1. The minimum atomic E-state index is -0.333. The molecule has 0 bridgehead atoms. The molecule has 6 heteroatoms. The van der Waals surface area contributed by atoms with E-state index in [1.54, 1.807) is 6.92 Å². The first-order valence-electron chi connectivity index (χ1n) is 7.04. The number of aryl methyl sites for hydroxylation is 1. The van der Waals surface area contributed by atoms with Crippen molar-refractivity contribution in [1.29, 1.82) is 0 Å². The molecule has 0 unspecified atom stereocenters. The predicted octanol–water partition coefficient (Wildman–Crippen LogP) is 2.26. The van der Waals surface area contributed by atoms with Crippen molar-refractivity contribution in [2.75, 3.05) is 5.32 Å². The second-order valence-electron chi connectivity index (χ2n) is 5.63. The SMILES string of the molecule is Cc1noc(-c2ccccc2NC(=O)CC2(N)CCC2)n1. The average molecular weight is 286 g/mol. The number of benzene rings is 1. The van der Waals surface area contributed by atoms with Crippen LogP contribution in [0.4, 0.5) is 5.69 Å². The fourth-order valence-electron chi connectivity index (χ4n) is 2.51. The zero-order chi connectivity index (χ0) is 14.9. The third kappa shape index (κ3) is 2.95. The smallest absolute Gasteiger partial charge is 0.260 e. The van der Waals surface area contributed by atoms with Crippen LogP contribution in [0.1, 0.15) is 31.5 Å². The van der Waals surface area contributed by atoms with Gasteiger partial charge in [0, 0.05) is 12.0 Å². The Morgan fingerprint density at radius 1 is 1.43 bits per heavy atom. The van der Waals surface area contributed by atoms with Crippen LogP contribution in [0.25, 0.3) is 11.5 Å². The van der Waals surface area contributed by atoms with Crippen LogP contribution >= 0.6 is 0 Å². The number of nitrogens with zero attached hydrogens (tertiary/aromatic N) is 2. The van der Waals surface area contributed by atoms with Gasteiger partial charge in [-0.3, -0.25) is 4.79 Å². The fraction of sp³-hybridized carbons (Fsp3) is 0.400. The molecule has 1 saturated carbocycles. The Morgan fingerprint density at radius 2 is 2.19 bits per heavy atom. The van der Waals surface area contributed by atoms with E-state index in [0.29, 0.717) is 29.4 Å². The van der Waals surface area contributed by atoms with Gasteiger partial charge in [0.1, 0.15) is 0 Å². The molecule has 1 amide bonds. The molecule has 21 heavy (non-hydrogen) atoms. The summed E-state index contributed by atoms with van der Waals surface area (Å²) in [6, 6.07) is 7.37. The largest absolute Gasteiger partial charge is 0.334 e. The van der Waals surface area contributed by atoms with E-state index >= 15 is 0 Å². The Morgan fingerprint density at radius 3 is 2.81 bits per heavy atom. The maximum atomic E-state index is 12.2. The molecule has 0 radical (unpaired) electrons. The van der Waals surface area contributed by atoms with E-state index < -0.39 is 0 Å².